The van der Waals surface area contributed by atoms with Gasteiger partial charge in [-0.05, 0) is 32.3 Å². The zero-order valence-electron chi connectivity index (χ0n) is 9.48. The molecule has 1 aromatic heterocycles. The van der Waals surface area contributed by atoms with Crippen LogP contribution in [0.5, 0.6) is 0 Å². The summed E-state index contributed by atoms with van der Waals surface area (Å²) in [5, 5.41) is 4.29. The largest absolute Gasteiger partial charge is 0.463 e. The minimum atomic E-state index is -0.293. The van der Waals surface area contributed by atoms with E-state index in [2.05, 4.69) is 5.10 Å². The maximum atomic E-state index is 11.2. The predicted molar refractivity (Wildman–Crippen MR) is 60.8 cm³/mol. The van der Waals surface area contributed by atoms with Crippen LogP contribution in [-0.4, -0.2) is 22.4 Å². The summed E-state index contributed by atoms with van der Waals surface area (Å²) in [5.41, 5.74) is 2.26. The van der Waals surface area contributed by atoms with Crippen LogP contribution < -0.4 is 0 Å². The van der Waals surface area contributed by atoms with Crippen molar-refractivity contribution in [2.45, 2.75) is 32.7 Å². The van der Waals surface area contributed by atoms with Crippen LogP contribution in [0.2, 0.25) is 0 Å². The van der Waals surface area contributed by atoms with E-state index in [1.165, 1.54) is 24.6 Å². The Bertz CT molecular complexity index is 407. The lowest BCUT2D eigenvalue weighted by Crippen LogP contribution is -2.11. The zero-order valence-corrected chi connectivity index (χ0v) is 9.48. The molecule has 1 aliphatic rings. The van der Waals surface area contributed by atoms with Gasteiger partial charge in [-0.2, -0.15) is 5.10 Å². The minimum Gasteiger partial charge on any atom is -0.463 e. The van der Waals surface area contributed by atoms with E-state index in [0.29, 0.717) is 6.61 Å². The van der Waals surface area contributed by atoms with Gasteiger partial charge in [0.25, 0.3) is 0 Å². The van der Waals surface area contributed by atoms with Gasteiger partial charge in [0.15, 0.2) is 0 Å². The molecule has 0 fully saturated rings. The third-order valence-corrected chi connectivity index (χ3v) is 2.70. The third-order valence-electron chi connectivity index (χ3n) is 2.70. The van der Waals surface area contributed by atoms with Crippen LogP contribution in [0.3, 0.4) is 0 Å². The van der Waals surface area contributed by atoms with Gasteiger partial charge in [-0.1, -0.05) is 0 Å². The molecule has 0 unspecified atom stereocenters. The van der Waals surface area contributed by atoms with Gasteiger partial charge in [-0.3, -0.25) is 4.68 Å². The topological polar surface area (TPSA) is 44.1 Å². The maximum Gasteiger partial charge on any atom is 0.330 e. The lowest BCUT2D eigenvalue weighted by atomic mass is 10.1. The lowest BCUT2D eigenvalue weighted by Gasteiger charge is -2.13. The number of carbonyl (C=O) groups excluding carboxylic acids is 1. The molecule has 0 amide bonds. The number of aryl methyl sites for hydroxylation is 1. The van der Waals surface area contributed by atoms with Gasteiger partial charge in [0.2, 0.25) is 0 Å². The first-order valence-electron chi connectivity index (χ1n) is 5.70. The van der Waals surface area contributed by atoms with E-state index in [9.17, 15) is 4.79 Å². The first kappa shape index (κ1) is 10.9. The van der Waals surface area contributed by atoms with Gasteiger partial charge in [0, 0.05) is 23.9 Å². The number of rotatable bonds is 3. The van der Waals surface area contributed by atoms with E-state index in [-0.39, 0.29) is 5.97 Å². The Balaban J connectivity index is 2.10. The molecule has 0 atom stereocenters. The van der Waals surface area contributed by atoms with E-state index in [4.69, 9.17) is 4.74 Å². The summed E-state index contributed by atoms with van der Waals surface area (Å²) in [4.78, 5) is 11.2. The fourth-order valence-electron chi connectivity index (χ4n) is 1.93. The number of ether oxygens (including phenoxy) is 1. The van der Waals surface area contributed by atoms with Crippen LogP contribution >= 0.6 is 0 Å². The van der Waals surface area contributed by atoms with Crippen molar-refractivity contribution < 1.29 is 9.53 Å². The Labute approximate surface area is 94.9 Å². The predicted octanol–water partition coefficient (Wildman–Crippen LogP) is 1.80. The Hall–Kier alpha value is -1.58. The number of hydrogen-bond donors (Lipinski definition) is 0. The van der Waals surface area contributed by atoms with Crippen LogP contribution in [0.1, 0.15) is 31.0 Å². The normalized spacial score (nSPS) is 15.1. The van der Waals surface area contributed by atoms with Crippen LogP contribution in [-0.2, 0) is 22.5 Å². The van der Waals surface area contributed by atoms with E-state index >= 15 is 0 Å². The molecule has 16 heavy (non-hydrogen) atoms. The first-order chi connectivity index (χ1) is 7.81. The third kappa shape index (κ3) is 2.32. The van der Waals surface area contributed by atoms with E-state index in [0.717, 1.165) is 18.5 Å². The van der Waals surface area contributed by atoms with Crippen molar-refractivity contribution in [3.05, 3.63) is 23.5 Å². The SMILES string of the molecule is CCOC(=O)C=Cc1cnn2c1CCCC2. The summed E-state index contributed by atoms with van der Waals surface area (Å²) in [6, 6.07) is 0. The van der Waals surface area contributed by atoms with Crippen molar-refractivity contribution in [1.29, 1.82) is 0 Å². The molecule has 0 bridgehead atoms. The molecule has 0 radical (unpaired) electrons. The van der Waals surface area contributed by atoms with E-state index < -0.39 is 0 Å². The van der Waals surface area contributed by atoms with Crippen molar-refractivity contribution in [2.24, 2.45) is 0 Å². The maximum absolute atomic E-state index is 11.2. The second-order valence-electron chi connectivity index (χ2n) is 3.81. The summed E-state index contributed by atoms with van der Waals surface area (Å²) in [7, 11) is 0. The fourth-order valence-corrected chi connectivity index (χ4v) is 1.93. The molecule has 0 saturated heterocycles. The molecule has 0 aromatic carbocycles. The second-order valence-corrected chi connectivity index (χ2v) is 3.81. The van der Waals surface area contributed by atoms with Crippen molar-refractivity contribution in [2.75, 3.05) is 6.61 Å². The molecular weight excluding hydrogens is 204 g/mol. The number of nitrogens with zero attached hydrogens (tertiary/aromatic N) is 2. The highest BCUT2D eigenvalue weighted by Gasteiger charge is 2.12. The summed E-state index contributed by atoms with van der Waals surface area (Å²) in [5.74, 6) is -0.293. The van der Waals surface area contributed by atoms with Crippen molar-refractivity contribution in [3.8, 4) is 0 Å². The van der Waals surface area contributed by atoms with E-state index in [1.54, 1.807) is 13.0 Å². The van der Waals surface area contributed by atoms with Gasteiger partial charge in [0.1, 0.15) is 0 Å². The van der Waals surface area contributed by atoms with Gasteiger partial charge in [-0.25, -0.2) is 4.79 Å². The molecule has 4 nitrogen and oxygen atoms in total. The Morgan fingerprint density at radius 3 is 3.31 bits per heavy atom. The summed E-state index contributed by atoms with van der Waals surface area (Å²) in [6.07, 6.45) is 8.51. The van der Waals surface area contributed by atoms with Crippen LogP contribution in [0.15, 0.2) is 12.3 Å². The summed E-state index contributed by atoms with van der Waals surface area (Å²) < 4.78 is 6.85. The van der Waals surface area contributed by atoms with Crippen molar-refractivity contribution in [3.63, 3.8) is 0 Å². The lowest BCUT2D eigenvalue weighted by molar-refractivity contribution is -0.137. The highest BCUT2D eigenvalue weighted by atomic mass is 16.5. The number of esters is 1. The van der Waals surface area contributed by atoms with E-state index in [1.807, 2.05) is 10.9 Å². The van der Waals surface area contributed by atoms with Gasteiger partial charge >= 0.3 is 5.97 Å². The molecule has 0 aliphatic carbocycles. The number of aromatic nitrogens is 2. The zero-order chi connectivity index (χ0) is 11.4. The molecule has 1 aromatic rings. The molecule has 0 spiro atoms. The fraction of sp³-hybridized carbons (Fsp3) is 0.500. The summed E-state index contributed by atoms with van der Waals surface area (Å²) >= 11 is 0. The minimum absolute atomic E-state index is 0.293. The summed E-state index contributed by atoms with van der Waals surface area (Å²) in [6.45, 7) is 3.20. The molecule has 2 rings (SSSR count). The van der Waals surface area contributed by atoms with Crippen LogP contribution in [0.25, 0.3) is 6.08 Å². The first-order valence-corrected chi connectivity index (χ1v) is 5.70. The molecule has 0 saturated carbocycles. The Morgan fingerprint density at radius 2 is 2.50 bits per heavy atom. The van der Waals surface area contributed by atoms with Crippen LogP contribution in [0, 0.1) is 0 Å². The number of carbonyl (C=O) groups is 1. The molecule has 2 heterocycles. The van der Waals surface area contributed by atoms with Gasteiger partial charge < -0.3 is 4.74 Å². The Kier molecular flexibility index (Phi) is 3.39. The molecule has 4 heteroatoms. The standard InChI is InChI=1S/C12H16N2O2/c1-2-16-12(15)7-6-10-9-13-14-8-4-3-5-11(10)14/h6-7,9H,2-5,8H2,1H3. The number of hydrogen-bond acceptors (Lipinski definition) is 3. The second kappa shape index (κ2) is 4.96. The molecule has 86 valence electrons. The van der Waals surface area contributed by atoms with Crippen molar-refractivity contribution in [1.82, 2.24) is 9.78 Å². The number of fused-ring (bicyclic) bond motifs is 1. The van der Waals surface area contributed by atoms with Gasteiger partial charge in [-0.15, -0.1) is 0 Å². The smallest absolute Gasteiger partial charge is 0.330 e. The molecule has 1 aliphatic heterocycles. The van der Waals surface area contributed by atoms with Crippen molar-refractivity contribution >= 4 is 12.0 Å². The average molecular weight is 220 g/mol. The van der Waals surface area contributed by atoms with Crippen LogP contribution in [0.4, 0.5) is 0 Å². The highest BCUT2D eigenvalue weighted by molar-refractivity contribution is 5.87. The molecule has 0 N–H and O–H groups in total. The average Bonchev–Trinajstić information content (AvgIpc) is 2.70. The highest BCUT2D eigenvalue weighted by Crippen LogP contribution is 2.18. The molecular formula is C12H16N2O2. The Morgan fingerprint density at radius 1 is 1.62 bits per heavy atom. The monoisotopic (exact) mass is 220 g/mol. The van der Waals surface area contributed by atoms with Gasteiger partial charge in [0.05, 0.1) is 12.8 Å². The quantitative estimate of drug-likeness (QED) is 0.576.